The molecule has 0 aromatic carbocycles. The van der Waals surface area contributed by atoms with Gasteiger partial charge >= 0.3 is 5.97 Å². The highest BCUT2D eigenvalue weighted by molar-refractivity contribution is 6.04. The highest BCUT2D eigenvalue weighted by atomic mass is 16.5. The number of carbonyl (C=O) groups excluding carboxylic acids is 1. The molecule has 1 fully saturated rings. The second-order valence-electron chi connectivity index (χ2n) is 3.92. The van der Waals surface area contributed by atoms with Gasteiger partial charge in [-0.05, 0) is 26.7 Å². The van der Waals surface area contributed by atoms with Crippen LogP contribution in [0.25, 0.3) is 0 Å². The van der Waals surface area contributed by atoms with Gasteiger partial charge in [-0.3, -0.25) is 9.59 Å². The number of nitrogens with one attached hydrogen (secondary N) is 1. The first-order valence-corrected chi connectivity index (χ1v) is 5.15. The quantitative estimate of drug-likeness (QED) is 0.628. The summed E-state index contributed by atoms with van der Waals surface area (Å²) in [5, 5.41) is 11.5. The summed E-state index contributed by atoms with van der Waals surface area (Å²) >= 11 is 0. The van der Waals surface area contributed by atoms with E-state index >= 15 is 0 Å². The average Bonchev–Trinajstić information content (AvgIpc) is 2.95. The molecule has 2 N–H and O–H groups in total. The normalized spacial score (nSPS) is 19.3. The Morgan fingerprint density at radius 1 is 1.53 bits per heavy atom. The van der Waals surface area contributed by atoms with E-state index in [9.17, 15) is 9.59 Å². The van der Waals surface area contributed by atoms with Crippen LogP contribution in [0.5, 0.6) is 0 Å². The SMILES string of the molecule is CCOCC(C)NC(=O)C1(C(=O)O)CC1. The predicted molar refractivity (Wildman–Crippen MR) is 53.4 cm³/mol. The molecule has 0 heterocycles. The van der Waals surface area contributed by atoms with Gasteiger partial charge in [0.15, 0.2) is 0 Å². The van der Waals surface area contributed by atoms with E-state index in [2.05, 4.69) is 5.32 Å². The second-order valence-corrected chi connectivity index (χ2v) is 3.92. The topological polar surface area (TPSA) is 75.6 Å². The van der Waals surface area contributed by atoms with E-state index in [0.29, 0.717) is 26.1 Å². The molecule has 86 valence electrons. The molecule has 0 aromatic heterocycles. The van der Waals surface area contributed by atoms with Gasteiger partial charge in [-0.15, -0.1) is 0 Å². The fourth-order valence-corrected chi connectivity index (χ4v) is 1.36. The molecule has 1 atom stereocenters. The Morgan fingerprint density at radius 2 is 2.13 bits per heavy atom. The Bertz CT molecular complexity index is 260. The van der Waals surface area contributed by atoms with Crippen molar-refractivity contribution in [3.63, 3.8) is 0 Å². The Balaban J connectivity index is 2.39. The second kappa shape index (κ2) is 4.61. The molecule has 5 nitrogen and oxygen atoms in total. The third-order valence-electron chi connectivity index (χ3n) is 2.54. The van der Waals surface area contributed by atoms with Crippen LogP contribution in [0.1, 0.15) is 26.7 Å². The number of hydrogen-bond donors (Lipinski definition) is 2. The summed E-state index contributed by atoms with van der Waals surface area (Å²) in [5.74, 6) is -1.41. The Kier molecular flexibility index (Phi) is 3.68. The first-order chi connectivity index (χ1) is 7.03. The van der Waals surface area contributed by atoms with Crippen molar-refractivity contribution in [2.24, 2.45) is 5.41 Å². The lowest BCUT2D eigenvalue weighted by Crippen LogP contribution is -2.43. The lowest BCUT2D eigenvalue weighted by molar-refractivity contribution is -0.149. The number of aliphatic carboxylic acids is 1. The number of ether oxygens (including phenoxy) is 1. The van der Waals surface area contributed by atoms with Crippen LogP contribution in [0.2, 0.25) is 0 Å². The van der Waals surface area contributed by atoms with Crippen LogP contribution in [0.3, 0.4) is 0 Å². The number of carboxylic acid groups (broad SMARTS) is 1. The smallest absolute Gasteiger partial charge is 0.319 e. The average molecular weight is 215 g/mol. The third-order valence-corrected chi connectivity index (χ3v) is 2.54. The van der Waals surface area contributed by atoms with Gasteiger partial charge in [-0.2, -0.15) is 0 Å². The van der Waals surface area contributed by atoms with Gasteiger partial charge < -0.3 is 15.2 Å². The van der Waals surface area contributed by atoms with E-state index in [4.69, 9.17) is 9.84 Å². The first-order valence-electron chi connectivity index (χ1n) is 5.15. The van der Waals surface area contributed by atoms with Gasteiger partial charge in [-0.25, -0.2) is 0 Å². The van der Waals surface area contributed by atoms with Crippen LogP contribution >= 0.6 is 0 Å². The van der Waals surface area contributed by atoms with Gasteiger partial charge in [0.25, 0.3) is 0 Å². The molecule has 0 bridgehead atoms. The summed E-state index contributed by atoms with van der Waals surface area (Å²) < 4.78 is 5.13. The Morgan fingerprint density at radius 3 is 2.53 bits per heavy atom. The summed E-state index contributed by atoms with van der Waals surface area (Å²) in [7, 11) is 0. The van der Waals surface area contributed by atoms with Crippen molar-refractivity contribution in [1.29, 1.82) is 0 Å². The largest absolute Gasteiger partial charge is 0.480 e. The molecule has 0 aliphatic heterocycles. The number of carbonyl (C=O) groups is 2. The molecule has 1 aliphatic rings. The Hall–Kier alpha value is -1.10. The molecule has 15 heavy (non-hydrogen) atoms. The first kappa shape index (κ1) is 12.0. The molecule has 1 unspecified atom stereocenters. The van der Waals surface area contributed by atoms with E-state index in [0.717, 1.165) is 0 Å². The highest BCUT2D eigenvalue weighted by Crippen LogP contribution is 2.46. The van der Waals surface area contributed by atoms with E-state index < -0.39 is 11.4 Å². The minimum absolute atomic E-state index is 0.144. The number of amides is 1. The monoisotopic (exact) mass is 215 g/mol. The summed E-state index contributed by atoms with van der Waals surface area (Å²) in [5.41, 5.74) is -1.15. The van der Waals surface area contributed by atoms with Gasteiger partial charge in [0.05, 0.1) is 6.61 Å². The molecule has 1 amide bonds. The number of rotatable bonds is 6. The van der Waals surface area contributed by atoms with Crippen molar-refractivity contribution in [1.82, 2.24) is 5.32 Å². The lowest BCUT2D eigenvalue weighted by Gasteiger charge is -2.16. The minimum atomic E-state index is -1.15. The van der Waals surface area contributed by atoms with E-state index in [1.165, 1.54) is 0 Å². The summed E-state index contributed by atoms with van der Waals surface area (Å²) in [4.78, 5) is 22.4. The molecule has 1 saturated carbocycles. The zero-order valence-corrected chi connectivity index (χ0v) is 9.08. The van der Waals surface area contributed by atoms with Crippen molar-refractivity contribution in [2.45, 2.75) is 32.7 Å². The zero-order valence-electron chi connectivity index (χ0n) is 9.08. The van der Waals surface area contributed by atoms with Crippen molar-refractivity contribution in [3.05, 3.63) is 0 Å². The maximum absolute atomic E-state index is 11.6. The van der Waals surface area contributed by atoms with Crippen LogP contribution in [-0.4, -0.2) is 36.2 Å². The molecule has 1 rings (SSSR count). The predicted octanol–water partition coefficient (Wildman–Crippen LogP) is 0.392. The molecule has 5 heteroatoms. The van der Waals surface area contributed by atoms with Crippen LogP contribution in [0.4, 0.5) is 0 Å². The fourth-order valence-electron chi connectivity index (χ4n) is 1.36. The number of carboxylic acids is 1. The molecule has 0 spiro atoms. The summed E-state index contributed by atoms with van der Waals surface area (Å²) in [6.45, 7) is 4.67. The molecule has 0 saturated heterocycles. The minimum Gasteiger partial charge on any atom is -0.480 e. The molecule has 0 radical (unpaired) electrons. The summed E-state index contributed by atoms with van der Waals surface area (Å²) in [6, 6.07) is -0.144. The standard InChI is InChI=1S/C10H17NO4/c1-3-15-6-7(2)11-8(12)10(4-5-10)9(13)14/h7H,3-6H2,1-2H3,(H,11,12)(H,13,14). The van der Waals surface area contributed by atoms with Crippen LogP contribution in [-0.2, 0) is 14.3 Å². The molecular weight excluding hydrogens is 198 g/mol. The van der Waals surface area contributed by atoms with Gasteiger partial charge in [-0.1, -0.05) is 0 Å². The Labute approximate surface area is 88.8 Å². The van der Waals surface area contributed by atoms with E-state index in [1.807, 2.05) is 6.92 Å². The van der Waals surface area contributed by atoms with Crippen molar-refractivity contribution < 1.29 is 19.4 Å². The van der Waals surface area contributed by atoms with Crippen molar-refractivity contribution in [2.75, 3.05) is 13.2 Å². The molecular formula is C10H17NO4. The molecule has 1 aliphatic carbocycles. The lowest BCUT2D eigenvalue weighted by atomic mass is 10.1. The fraction of sp³-hybridized carbons (Fsp3) is 0.800. The van der Waals surface area contributed by atoms with E-state index in [-0.39, 0.29) is 11.9 Å². The maximum Gasteiger partial charge on any atom is 0.319 e. The van der Waals surface area contributed by atoms with Gasteiger partial charge in [0.1, 0.15) is 5.41 Å². The molecule has 0 aromatic rings. The zero-order chi connectivity index (χ0) is 11.5. The number of hydrogen-bond acceptors (Lipinski definition) is 3. The van der Waals surface area contributed by atoms with Gasteiger partial charge in [0, 0.05) is 12.6 Å². The maximum atomic E-state index is 11.6. The van der Waals surface area contributed by atoms with E-state index in [1.54, 1.807) is 6.92 Å². The van der Waals surface area contributed by atoms with Crippen LogP contribution < -0.4 is 5.32 Å². The van der Waals surface area contributed by atoms with Crippen molar-refractivity contribution in [3.8, 4) is 0 Å². The van der Waals surface area contributed by atoms with Crippen LogP contribution in [0, 0.1) is 5.41 Å². The summed E-state index contributed by atoms with van der Waals surface area (Å²) in [6.07, 6.45) is 0.880. The van der Waals surface area contributed by atoms with Crippen molar-refractivity contribution >= 4 is 11.9 Å². The van der Waals surface area contributed by atoms with Gasteiger partial charge in [0.2, 0.25) is 5.91 Å². The van der Waals surface area contributed by atoms with Crippen LogP contribution in [0.15, 0.2) is 0 Å². The highest BCUT2D eigenvalue weighted by Gasteiger charge is 2.57. The third kappa shape index (κ3) is 2.68.